The molecule has 0 aliphatic rings. The lowest BCUT2D eigenvalue weighted by atomic mass is 10.0. The summed E-state index contributed by atoms with van der Waals surface area (Å²) in [6.07, 6.45) is 13.1. The van der Waals surface area contributed by atoms with Gasteiger partial charge in [-0.05, 0) is 67.2 Å². The maximum Gasteiger partial charge on any atom is 0.336 e. The second-order valence-electron chi connectivity index (χ2n) is 8.38. The van der Waals surface area contributed by atoms with Crippen LogP contribution in [0, 0.1) is 0 Å². The monoisotopic (exact) mass is 466 g/mol. The van der Waals surface area contributed by atoms with Gasteiger partial charge in [0.15, 0.2) is 0 Å². The number of aryl methyl sites for hydroxylation is 1. The molecular formula is C29H38O5. The summed E-state index contributed by atoms with van der Waals surface area (Å²) in [6.45, 7) is 4.83. The van der Waals surface area contributed by atoms with Crippen LogP contribution in [-0.4, -0.2) is 25.2 Å². The van der Waals surface area contributed by atoms with Crippen LogP contribution in [0.2, 0.25) is 0 Å². The molecule has 5 nitrogen and oxygen atoms in total. The van der Waals surface area contributed by atoms with Gasteiger partial charge in [-0.25, -0.2) is 4.79 Å². The topological polar surface area (TPSA) is 61.8 Å². The minimum Gasteiger partial charge on any atom is -0.494 e. The Morgan fingerprint density at radius 1 is 0.765 bits per heavy atom. The molecule has 0 fully saturated rings. The van der Waals surface area contributed by atoms with Crippen molar-refractivity contribution in [3.8, 4) is 11.5 Å². The minimum absolute atomic E-state index is 0.205. The molecule has 0 N–H and O–H groups in total. The van der Waals surface area contributed by atoms with Crippen molar-refractivity contribution in [2.24, 2.45) is 0 Å². The number of carbonyl (C=O) groups excluding carboxylic acids is 2. The van der Waals surface area contributed by atoms with Crippen LogP contribution in [0.4, 0.5) is 0 Å². The highest BCUT2D eigenvalue weighted by Gasteiger charge is 2.02. The van der Waals surface area contributed by atoms with Crippen LogP contribution >= 0.6 is 0 Å². The predicted octanol–water partition coefficient (Wildman–Crippen LogP) is 6.93. The Kier molecular flexibility index (Phi) is 13.2. The predicted molar refractivity (Wildman–Crippen MR) is 136 cm³/mol. The first-order valence-electron chi connectivity index (χ1n) is 12.4. The number of hydrogen-bond acceptors (Lipinski definition) is 5. The Morgan fingerprint density at radius 2 is 1.41 bits per heavy atom. The van der Waals surface area contributed by atoms with Gasteiger partial charge in [-0.15, -0.1) is 0 Å². The highest BCUT2D eigenvalue weighted by Crippen LogP contribution is 2.18. The maximum absolute atomic E-state index is 12.1. The largest absolute Gasteiger partial charge is 0.494 e. The zero-order chi connectivity index (χ0) is 24.4. The van der Waals surface area contributed by atoms with Crippen LogP contribution in [0.5, 0.6) is 11.5 Å². The third-order valence-electron chi connectivity index (χ3n) is 5.37. The van der Waals surface area contributed by atoms with E-state index < -0.39 is 5.97 Å². The molecule has 0 aromatic heterocycles. The Balaban J connectivity index is 1.64. The maximum atomic E-state index is 12.1. The quantitative estimate of drug-likeness (QED) is 0.116. The second kappa shape index (κ2) is 16.5. The zero-order valence-electron chi connectivity index (χ0n) is 20.6. The van der Waals surface area contributed by atoms with E-state index in [2.05, 4.69) is 19.1 Å². The Hall–Kier alpha value is -3.08. The van der Waals surface area contributed by atoms with E-state index in [-0.39, 0.29) is 5.97 Å². The summed E-state index contributed by atoms with van der Waals surface area (Å²) in [6, 6.07) is 15.4. The average molecular weight is 467 g/mol. The molecule has 184 valence electrons. The zero-order valence-corrected chi connectivity index (χ0v) is 20.6. The summed E-state index contributed by atoms with van der Waals surface area (Å²) < 4.78 is 16.0. The first kappa shape index (κ1) is 27.2. The van der Waals surface area contributed by atoms with Crippen LogP contribution in [0.15, 0.2) is 54.6 Å². The Bertz CT molecular complexity index is 868. The van der Waals surface area contributed by atoms with Crippen LogP contribution in [0.25, 0.3) is 6.08 Å². The second-order valence-corrected chi connectivity index (χ2v) is 8.38. The summed E-state index contributed by atoms with van der Waals surface area (Å²) in [5, 5.41) is 0. The van der Waals surface area contributed by atoms with Crippen molar-refractivity contribution >= 4 is 18.0 Å². The van der Waals surface area contributed by atoms with Gasteiger partial charge in [0, 0.05) is 13.0 Å². The highest BCUT2D eigenvalue weighted by molar-refractivity contribution is 5.88. The van der Waals surface area contributed by atoms with E-state index in [0.717, 1.165) is 62.7 Å². The van der Waals surface area contributed by atoms with Crippen molar-refractivity contribution in [2.75, 3.05) is 13.2 Å². The van der Waals surface area contributed by atoms with E-state index in [1.807, 2.05) is 24.3 Å². The van der Waals surface area contributed by atoms with E-state index >= 15 is 0 Å². The summed E-state index contributed by atoms with van der Waals surface area (Å²) in [4.78, 5) is 22.8. The molecule has 2 rings (SSSR count). The third kappa shape index (κ3) is 12.2. The van der Waals surface area contributed by atoms with E-state index in [1.54, 1.807) is 18.2 Å². The molecule has 5 heteroatoms. The molecule has 0 saturated carbocycles. The van der Waals surface area contributed by atoms with Crippen LogP contribution in [-0.2, 0) is 20.7 Å². The van der Waals surface area contributed by atoms with Gasteiger partial charge in [-0.3, -0.25) is 4.79 Å². The van der Waals surface area contributed by atoms with Gasteiger partial charge in [0.05, 0.1) is 13.2 Å². The number of unbranched alkanes of at least 4 members (excludes halogenated alkanes) is 6. The third-order valence-corrected chi connectivity index (χ3v) is 5.37. The van der Waals surface area contributed by atoms with Gasteiger partial charge in [-0.1, -0.05) is 63.3 Å². The van der Waals surface area contributed by atoms with E-state index in [9.17, 15) is 9.59 Å². The van der Waals surface area contributed by atoms with E-state index in [1.165, 1.54) is 25.0 Å². The van der Waals surface area contributed by atoms with Gasteiger partial charge in [0.1, 0.15) is 11.5 Å². The molecule has 0 unspecified atom stereocenters. The van der Waals surface area contributed by atoms with Gasteiger partial charge in [0.2, 0.25) is 0 Å². The molecule has 0 heterocycles. The smallest absolute Gasteiger partial charge is 0.336 e. The average Bonchev–Trinajstić information content (AvgIpc) is 2.84. The molecule has 0 radical (unpaired) electrons. The van der Waals surface area contributed by atoms with Gasteiger partial charge >= 0.3 is 11.9 Å². The number of carbonyl (C=O) groups is 2. The molecule has 2 aromatic rings. The molecular weight excluding hydrogens is 428 g/mol. The first-order valence-corrected chi connectivity index (χ1v) is 12.4. The Morgan fingerprint density at radius 3 is 2.12 bits per heavy atom. The molecule has 0 atom stereocenters. The SMILES string of the molecule is CCCCCOc1ccc(OC(=O)C=Cc2ccc(CCCCCCCOC(C)=O)cc2)cc1. The van der Waals surface area contributed by atoms with Crippen molar-refractivity contribution in [1.82, 2.24) is 0 Å². The van der Waals surface area contributed by atoms with Crippen molar-refractivity contribution in [3.05, 3.63) is 65.7 Å². The van der Waals surface area contributed by atoms with E-state index in [0.29, 0.717) is 19.0 Å². The standard InChI is InChI=1S/C29H38O5/c1-3-4-9-23-33-27-17-19-28(20-18-27)34-29(31)21-16-26-14-12-25(13-15-26)11-8-6-5-7-10-22-32-24(2)30/h12-21H,3-11,22-23H2,1-2H3. The summed E-state index contributed by atoms with van der Waals surface area (Å²) in [5.74, 6) is 0.668. The van der Waals surface area contributed by atoms with Gasteiger partial charge < -0.3 is 14.2 Å². The van der Waals surface area contributed by atoms with Crippen LogP contribution < -0.4 is 9.47 Å². The van der Waals surface area contributed by atoms with Gasteiger partial charge in [0.25, 0.3) is 0 Å². The van der Waals surface area contributed by atoms with Crippen molar-refractivity contribution < 1.29 is 23.8 Å². The number of esters is 2. The van der Waals surface area contributed by atoms with Crippen LogP contribution in [0.3, 0.4) is 0 Å². The molecule has 34 heavy (non-hydrogen) atoms. The number of benzene rings is 2. The van der Waals surface area contributed by atoms with Crippen LogP contribution in [0.1, 0.15) is 76.3 Å². The number of ether oxygens (including phenoxy) is 3. The fourth-order valence-electron chi connectivity index (χ4n) is 3.43. The van der Waals surface area contributed by atoms with Crippen molar-refractivity contribution in [3.63, 3.8) is 0 Å². The van der Waals surface area contributed by atoms with Crippen molar-refractivity contribution in [1.29, 1.82) is 0 Å². The molecule has 2 aromatic carbocycles. The lowest BCUT2D eigenvalue weighted by molar-refractivity contribution is -0.141. The highest BCUT2D eigenvalue weighted by atomic mass is 16.5. The lowest BCUT2D eigenvalue weighted by Crippen LogP contribution is -2.03. The molecule has 0 aliphatic heterocycles. The van der Waals surface area contributed by atoms with Gasteiger partial charge in [-0.2, -0.15) is 0 Å². The molecule has 0 amide bonds. The molecule has 0 aliphatic carbocycles. The fraction of sp³-hybridized carbons (Fsp3) is 0.448. The lowest BCUT2D eigenvalue weighted by Gasteiger charge is -2.06. The fourth-order valence-corrected chi connectivity index (χ4v) is 3.43. The molecule has 0 saturated heterocycles. The molecule has 0 bridgehead atoms. The summed E-state index contributed by atoms with van der Waals surface area (Å²) in [5.41, 5.74) is 2.25. The molecule has 0 spiro atoms. The van der Waals surface area contributed by atoms with E-state index in [4.69, 9.17) is 14.2 Å². The Labute approximate surface area is 204 Å². The number of hydrogen-bond donors (Lipinski definition) is 0. The van der Waals surface area contributed by atoms with Crippen molar-refractivity contribution in [2.45, 2.75) is 71.6 Å². The summed E-state index contributed by atoms with van der Waals surface area (Å²) >= 11 is 0. The normalized spacial score (nSPS) is 10.9. The first-order chi connectivity index (χ1) is 16.6. The number of rotatable bonds is 16. The minimum atomic E-state index is -0.408. The summed E-state index contributed by atoms with van der Waals surface area (Å²) in [7, 11) is 0.